The van der Waals surface area contributed by atoms with Crippen LogP contribution in [0.3, 0.4) is 0 Å². The number of nitrogens with one attached hydrogen (secondary N) is 2. The van der Waals surface area contributed by atoms with Gasteiger partial charge in [0.2, 0.25) is 0 Å². The summed E-state index contributed by atoms with van der Waals surface area (Å²) >= 11 is 0. The number of aryl methyl sites for hydroxylation is 1. The van der Waals surface area contributed by atoms with Crippen molar-refractivity contribution in [2.24, 2.45) is 0 Å². The zero-order chi connectivity index (χ0) is 9.90. The van der Waals surface area contributed by atoms with Gasteiger partial charge in [0.15, 0.2) is 5.82 Å². The van der Waals surface area contributed by atoms with E-state index in [0.29, 0.717) is 0 Å². The fourth-order valence-corrected chi connectivity index (χ4v) is 1.05. The Labute approximate surface area is 79.2 Å². The van der Waals surface area contributed by atoms with Gasteiger partial charge in [-0.2, -0.15) is 5.10 Å². The monoisotopic (exact) mass is 182 g/mol. The van der Waals surface area contributed by atoms with E-state index in [9.17, 15) is 0 Å². The number of aromatic amines is 1. The van der Waals surface area contributed by atoms with Gasteiger partial charge in [-0.3, -0.25) is 5.10 Å². The molecule has 0 aliphatic heterocycles. The van der Waals surface area contributed by atoms with Crippen LogP contribution in [0.25, 0.3) is 0 Å². The summed E-state index contributed by atoms with van der Waals surface area (Å²) in [6.07, 6.45) is 0.877. The number of H-pyrrole nitrogens is 1. The maximum Gasteiger partial charge on any atom is 0.151 e. The molecule has 0 saturated heterocycles. The van der Waals surface area contributed by atoms with E-state index in [1.807, 2.05) is 6.92 Å². The van der Waals surface area contributed by atoms with E-state index in [1.54, 1.807) is 0 Å². The lowest BCUT2D eigenvalue weighted by atomic mass is 10.1. The average Bonchev–Trinajstić information content (AvgIpc) is 2.33. The van der Waals surface area contributed by atoms with Gasteiger partial charge >= 0.3 is 0 Å². The van der Waals surface area contributed by atoms with Gasteiger partial charge < -0.3 is 5.32 Å². The molecule has 0 aliphatic rings. The third-order valence-corrected chi connectivity index (χ3v) is 1.65. The van der Waals surface area contributed by atoms with Crippen LogP contribution in [0.2, 0.25) is 0 Å². The molecule has 13 heavy (non-hydrogen) atoms. The second kappa shape index (κ2) is 3.87. The molecule has 4 heteroatoms. The minimum absolute atomic E-state index is 0.172. The SMILES string of the molecule is Cc1nc(CCNC(C)(C)C)n[nH]1. The molecule has 4 nitrogen and oxygen atoms in total. The number of hydrogen-bond acceptors (Lipinski definition) is 3. The highest BCUT2D eigenvalue weighted by Crippen LogP contribution is 1.98. The highest BCUT2D eigenvalue weighted by atomic mass is 15.2. The summed E-state index contributed by atoms with van der Waals surface area (Å²) in [6, 6.07) is 0. The summed E-state index contributed by atoms with van der Waals surface area (Å²) in [6.45, 7) is 9.27. The Kier molecular flexibility index (Phi) is 3.03. The lowest BCUT2D eigenvalue weighted by Gasteiger charge is -2.19. The first-order valence-corrected chi connectivity index (χ1v) is 4.60. The zero-order valence-corrected chi connectivity index (χ0v) is 8.81. The van der Waals surface area contributed by atoms with Crippen LogP contribution in [-0.2, 0) is 6.42 Å². The first kappa shape index (κ1) is 10.2. The maximum atomic E-state index is 4.22. The lowest BCUT2D eigenvalue weighted by Crippen LogP contribution is -2.37. The molecule has 0 aliphatic carbocycles. The molecule has 0 unspecified atom stereocenters. The van der Waals surface area contributed by atoms with Crippen LogP contribution in [0.5, 0.6) is 0 Å². The van der Waals surface area contributed by atoms with Gasteiger partial charge in [0.05, 0.1) is 0 Å². The molecule has 0 saturated carbocycles. The van der Waals surface area contributed by atoms with Crippen molar-refractivity contribution in [1.29, 1.82) is 0 Å². The van der Waals surface area contributed by atoms with Crippen molar-refractivity contribution >= 4 is 0 Å². The smallest absolute Gasteiger partial charge is 0.151 e. The van der Waals surface area contributed by atoms with Crippen molar-refractivity contribution in [2.45, 2.75) is 39.7 Å². The first-order chi connectivity index (χ1) is 5.97. The van der Waals surface area contributed by atoms with Gasteiger partial charge in [0, 0.05) is 18.5 Å². The molecule has 0 bridgehead atoms. The van der Waals surface area contributed by atoms with E-state index in [1.165, 1.54) is 0 Å². The fraction of sp³-hybridized carbons (Fsp3) is 0.778. The molecule has 0 spiro atoms. The van der Waals surface area contributed by atoms with E-state index in [2.05, 4.69) is 41.3 Å². The van der Waals surface area contributed by atoms with Gasteiger partial charge in [0.25, 0.3) is 0 Å². The molecule has 1 heterocycles. The van der Waals surface area contributed by atoms with Gasteiger partial charge in [-0.1, -0.05) is 0 Å². The van der Waals surface area contributed by atoms with E-state index in [4.69, 9.17) is 0 Å². The van der Waals surface area contributed by atoms with Crippen molar-refractivity contribution in [2.75, 3.05) is 6.54 Å². The number of aromatic nitrogens is 3. The van der Waals surface area contributed by atoms with Crippen molar-refractivity contribution in [3.8, 4) is 0 Å². The molecule has 74 valence electrons. The molecule has 0 radical (unpaired) electrons. The van der Waals surface area contributed by atoms with Crippen LogP contribution in [0.1, 0.15) is 32.4 Å². The Morgan fingerprint density at radius 2 is 2.08 bits per heavy atom. The van der Waals surface area contributed by atoms with Gasteiger partial charge in [-0.25, -0.2) is 4.98 Å². The lowest BCUT2D eigenvalue weighted by molar-refractivity contribution is 0.427. The Morgan fingerprint density at radius 1 is 1.38 bits per heavy atom. The number of hydrogen-bond donors (Lipinski definition) is 2. The molecule has 1 aromatic rings. The third kappa shape index (κ3) is 4.03. The average molecular weight is 182 g/mol. The van der Waals surface area contributed by atoms with Crippen LogP contribution < -0.4 is 5.32 Å². The number of rotatable bonds is 3. The molecular formula is C9H18N4. The topological polar surface area (TPSA) is 53.6 Å². The third-order valence-electron chi connectivity index (χ3n) is 1.65. The van der Waals surface area contributed by atoms with E-state index in [0.717, 1.165) is 24.6 Å². The van der Waals surface area contributed by atoms with Crippen molar-refractivity contribution in [3.63, 3.8) is 0 Å². The predicted octanol–water partition coefficient (Wildman–Crippen LogP) is 1.04. The van der Waals surface area contributed by atoms with E-state index >= 15 is 0 Å². The van der Waals surface area contributed by atoms with Gasteiger partial charge in [-0.15, -0.1) is 0 Å². The Balaban J connectivity index is 2.28. The molecule has 2 N–H and O–H groups in total. The summed E-state index contributed by atoms with van der Waals surface area (Å²) < 4.78 is 0. The summed E-state index contributed by atoms with van der Waals surface area (Å²) in [5.41, 5.74) is 0.172. The second-order valence-electron chi connectivity index (χ2n) is 4.26. The van der Waals surface area contributed by atoms with E-state index in [-0.39, 0.29) is 5.54 Å². The van der Waals surface area contributed by atoms with Crippen molar-refractivity contribution < 1.29 is 0 Å². The van der Waals surface area contributed by atoms with E-state index < -0.39 is 0 Å². The van der Waals surface area contributed by atoms with Gasteiger partial charge in [0.1, 0.15) is 5.82 Å². The minimum atomic E-state index is 0.172. The summed E-state index contributed by atoms with van der Waals surface area (Å²) in [7, 11) is 0. The Morgan fingerprint density at radius 3 is 2.54 bits per heavy atom. The minimum Gasteiger partial charge on any atom is -0.312 e. The molecule has 0 aromatic carbocycles. The van der Waals surface area contributed by atoms with Gasteiger partial charge in [-0.05, 0) is 27.7 Å². The van der Waals surface area contributed by atoms with Crippen LogP contribution in [0, 0.1) is 6.92 Å². The van der Waals surface area contributed by atoms with Crippen LogP contribution >= 0.6 is 0 Å². The second-order valence-corrected chi connectivity index (χ2v) is 4.26. The molecule has 0 atom stereocenters. The quantitative estimate of drug-likeness (QED) is 0.734. The molecule has 1 aromatic heterocycles. The fourth-order valence-electron chi connectivity index (χ4n) is 1.05. The predicted molar refractivity (Wildman–Crippen MR) is 52.6 cm³/mol. The first-order valence-electron chi connectivity index (χ1n) is 4.60. The Hall–Kier alpha value is -0.900. The highest BCUT2D eigenvalue weighted by Gasteiger charge is 2.08. The largest absolute Gasteiger partial charge is 0.312 e. The summed E-state index contributed by atoms with van der Waals surface area (Å²) in [5.74, 6) is 1.76. The highest BCUT2D eigenvalue weighted by molar-refractivity contribution is 4.88. The molecule has 0 fully saturated rings. The summed E-state index contributed by atoms with van der Waals surface area (Å²) in [5, 5.41) is 10.3. The van der Waals surface area contributed by atoms with Crippen molar-refractivity contribution in [3.05, 3.63) is 11.6 Å². The molecule has 0 amide bonds. The molecule has 1 rings (SSSR count). The van der Waals surface area contributed by atoms with Crippen LogP contribution in [-0.4, -0.2) is 27.3 Å². The summed E-state index contributed by atoms with van der Waals surface area (Å²) in [4.78, 5) is 4.22. The maximum absolute atomic E-state index is 4.22. The number of nitrogens with zero attached hydrogens (tertiary/aromatic N) is 2. The van der Waals surface area contributed by atoms with Crippen LogP contribution in [0.4, 0.5) is 0 Å². The standard InChI is InChI=1S/C9H18N4/c1-7-11-8(13-12-7)5-6-10-9(2,3)4/h10H,5-6H2,1-4H3,(H,11,12,13). The molecular weight excluding hydrogens is 164 g/mol. The zero-order valence-electron chi connectivity index (χ0n) is 8.81. The van der Waals surface area contributed by atoms with Crippen molar-refractivity contribution in [1.82, 2.24) is 20.5 Å². The normalized spacial score (nSPS) is 12.0. The van der Waals surface area contributed by atoms with Crippen LogP contribution in [0.15, 0.2) is 0 Å². The Bertz CT molecular complexity index is 259.